The molecule has 1 aliphatic rings. The summed E-state index contributed by atoms with van der Waals surface area (Å²) in [5, 5.41) is 41.4. The zero-order chi connectivity index (χ0) is 20.1. The Morgan fingerprint density at radius 1 is 1.07 bits per heavy atom. The lowest BCUT2D eigenvalue weighted by Crippen LogP contribution is -2.38. The van der Waals surface area contributed by atoms with Gasteiger partial charge in [-0.05, 0) is 13.8 Å². The standard InChI is InChI=1S/C19H28N4O5/c1-3-27-19(28-4-2)15-16(12-8-6-5-7-9-12)23(22-21-15)10-13-17(25)18(26)14(11-24)20-13/h5-9,13-14,17-20,24-26H,3-4,10-11H2,1-2H3/t13-,14-,17-,18-/m1/s1. The molecule has 0 bridgehead atoms. The molecule has 1 fully saturated rings. The highest BCUT2D eigenvalue weighted by Crippen LogP contribution is 2.30. The van der Waals surface area contributed by atoms with Crippen LogP contribution in [0.25, 0.3) is 11.3 Å². The second-order valence-corrected chi connectivity index (χ2v) is 6.66. The topological polar surface area (TPSA) is 122 Å². The molecular weight excluding hydrogens is 364 g/mol. The van der Waals surface area contributed by atoms with Gasteiger partial charge >= 0.3 is 0 Å². The van der Waals surface area contributed by atoms with E-state index in [-0.39, 0.29) is 13.2 Å². The monoisotopic (exact) mass is 392 g/mol. The molecule has 0 amide bonds. The van der Waals surface area contributed by atoms with Crippen LogP contribution >= 0.6 is 0 Å². The first-order valence-electron chi connectivity index (χ1n) is 9.55. The van der Waals surface area contributed by atoms with Crippen molar-refractivity contribution < 1.29 is 24.8 Å². The first-order valence-corrected chi connectivity index (χ1v) is 9.55. The number of hydrogen-bond donors (Lipinski definition) is 4. The van der Waals surface area contributed by atoms with E-state index in [2.05, 4.69) is 15.6 Å². The zero-order valence-corrected chi connectivity index (χ0v) is 16.1. The third kappa shape index (κ3) is 4.24. The van der Waals surface area contributed by atoms with Gasteiger partial charge in [-0.25, -0.2) is 4.68 Å². The lowest BCUT2D eigenvalue weighted by molar-refractivity contribution is -0.142. The van der Waals surface area contributed by atoms with E-state index >= 15 is 0 Å². The van der Waals surface area contributed by atoms with Crippen LogP contribution in [0.4, 0.5) is 0 Å². The Morgan fingerprint density at radius 3 is 2.29 bits per heavy atom. The molecule has 3 rings (SSSR count). The molecular formula is C19H28N4O5. The second-order valence-electron chi connectivity index (χ2n) is 6.66. The number of aliphatic hydroxyl groups is 3. The average Bonchev–Trinajstić information content (AvgIpc) is 3.25. The van der Waals surface area contributed by atoms with Gasteiger partial charge in [0.2, 0.25) is 6.29 Å². The molecule has 4 N–H and O–H groups in total. The molecule has 1 saturated heterocycles. The van der Waals surface area contributed by atoms with Crippen LogP contribution in [-0.4, -0.2) is 74.4 Å². The second kappa shape index (κ2) is 9.55. The van der Waals surface area contributed by atoms with Crippen molar-refractivity contribution in [3.8, 4) is 11.3 Å². The van der Waals surface area contributed by atoms with Crippen LogP contribution in [0, 0.1) is 0 Å². The van der Waals surface area contributed by atoms with Gasteiger partial charge in [0.15, 0.2) is 0 Å². The van der Waals surface area contributed by atoms with Crippen LogP contribution in [0.3, 0.4) is 0 Å². The summed E-state index contributed by atoms with van der Waals surface area (Å²) in [4.78, 5) is 0. The van der Waals surface area contributed by atoms with Crippen LogP contribution in [0.5, 0.6) is 0 Å². The van der Waals surface area contributed by atoms with Gasteiger partial charge in [-0.15, -0.1) is 5.10 Å². The number of nitrogens with zero attached hydrogens (tertiary/aromatic N) is 3. The number of ether oxygens (including phenoxy) is 2. The van der Waals surface area contributed by atoms with Crippen molar-refractivity contribution in [1.29, 1.82) is 0 Å². The largest absolute Gasteiger partial charge is 0.395 e. The van der Waals surface area contributed by atoms with Crippen molar-refractivity contribution in [2.24, 2.45) is 0 Å². The van der Waals surface area contributed by atoms with Crippen molar-refractivity contribution in [3.05, 3.63) is 36.0 Å². The third-order valence-electron chi connectivity index (χ3n) is 4.84. The maximum Gasteiger partial charge on any atom is 0.205 e. The molecule has 0 radical (unpaired) electrons. The summed E-state index contributed by atoms with van der Waals surface area (Å²) < 4.78 is 13.1. The quantitative estimate of drug-likeness (QED) is 0.443. The molecule has 9 heteroatoms. The highest BCUT2D eigenvalue weighted by molar-refractivity contribution is 5.62. The molecule has 1 aromatic heterocycles. The molecule has 9 nitrogen and oxygen atoms in total. The van der Waals surface area contributed by atoms with Gasteiger partial charge in [0.25, 0.3) is 0 Å². The Labute approximate surface area is 163 Å². The van der Waals surface area contributed by atoms with E-state index in [4.69, 9.17) is 9.47 Å². The average molecular weight is 392 g/mol. The van der Waals surface area contributed by atoms with Crippen LogP contribution in [-0.2, 0) is 16.0 Å². The first kappa shape index (κ1) is 20.8. The highest BCUT2D eigenvalue weighted by Gasteiger charge is 2.41. The Kier molecular flexibility index (Phi) is 7.11. The van der Waals surface area contributed by atoms with Crippen molar-refractivity contribution in [2.45, 2.75) is 51.0 Å². The van der Waals surface area contributed by atoms with Gasteiger partial charge in [-0.3, -0.25) is 0 Å². The van der Waals surface area contributed by atoms with E-state index < -0.39 is 30.6 Å². The molecule has 1 aliphatic heterocycles. The summed E-state index contributed by atoms with van der Waals surface area (Å²) in [6, 6.07) is 8.58. The number of benzene rings is 1. The lowest BCUT2D eigenvalue weighted by Gasteiger charge is -2.19. The summed E-state index contributed by atoms with van der Waals surface area (Å²) in [5.41, 5.74) is 2.17. The van der Waals surface area contributed by atoms with Crippen LogP contribution in [0.15, 0.2) is 30.3 Å². The minimum absolute atomic E-state index is 0.261. The Bertz CT molecular complexity index is 735. The molecule has 0 unspecified atom stereocenters. The smallest absolute Gasteiger partial charge is 0.205 e. The summed E-state index contributed by atoms with van der Waals surface area (Å²) in [6.07, 6.45) is -2.73. The molecule has 0 spiro atoms. The molecule has 0 saturated carbocycles. The van der Waals surface area contributed by atoms with Crippen molar-refractivity contribution in [1.82, 2.24) is 20.3 Å². The molecule has 2 aromatic rings. The summed E-state index contributed by atoms with van der Waals surface area (Å²) in [7, 11) is 0. The highest BCUT2D eigenvalue weighted by atomic mass is 16.7. The van der Waals surface area contributed by atoms with Crippen LogP contribution in [0.2, 0.25) is 0 Å². The molecule has 1 aromatic carbocycles. The SMILES string of the molecule is CCOC(OCC)c1nnn(C[C@H]2N[C@H](CO)[C@@H](O)[C@@H]2O)c1-c1ccccc1. The van der Waals surface area contributed by atoms with Gasteiger partial charge in [-0.1, -0.05) is 35.5 Å². The predicted octanol–water partition coefficient (Wildman–Crippen LogP) is 0.0712. The molecule has 2 heterocycles. The van der Waals surface area contributed by atoms with Crippen LogP contribution < -0.4 is 5.32 Å². The fourth-order valence-electron chi connectivity index (χ4n) is 3.47. The fourth-order valence-corrected chi connectivity index (χ4v) is 3.47. The van der Waals surface area contributed by atoms with E-state index in [9.17, 15) is 15.3 Å². The maximum absolute atomic E-state index is 10.3. The lowest BCUT2D eigenvalue weighted by atomic mass is 10.1. The molecule has 28 heavy (non-hydrogen) atoms. The zero-order valence-electron chi connectivity index (χ0n) is 16.1. The fraction of sp³-hybridized carbons (Fsp3) is 0.579. The Balaban J connectivity index is 1.95. The Morgan fingerprint density at radius 2 is 1.71 bits per heavy atom. The van der Waals surface area contributed by atoms with Crippen molar-refractivity contribution >= 4 is 0 Å². The van der Waals surface area contributed by atoms with Crippen LogP contribution in [0.1, 0.15) is 25.8 Å². The van der Waals surface area contributed by atoms with Gasteiger partial charge in [-0.2, -0.15) is 0 Å². The normalized spacial score (nSPS) is 24.9. The van der Waals surface area contributed by atoms with Gasteiger partial charge in [0.05, 0.1) is 43.1 Å². The van der Waals surface area contributed by atoms with E-state index in [0.29, 0.717) is 18.9 Å². The summed E-state index contributed by atoms with van der Waals surface area (Å²) in [6.45, 7) is 4.68. The minimum Gasteiger partial charge on any atom is -0.395 e. The number of nitrogens with one attached hydrogen (secondary N) is 1. The van der Waals surface area contributed by atoms with E-state index in [1.165, 1.54) is 0 Å². The molecule has 154 valence electrons. The molecule has 4 atom stereocenters. The van der Waals surface area contributed by atoms with Gasteiger partial charge < -0.3 is 30.1 Å². The maximum atomic E-state index is 10.3. The number of aliphatic hydroxyl groups excluding tert-OH is 3. The minimum atomic E-state index is -1.04. The van der Waals surface area contributed by atoms with Gasteiger partial charge in [0.1, 0.15) is 5.69 Å². The third-order valence-corrected chi connectivity index (χ3v) is 4.84. The van der Waals surface area contributed by atoms with E-state index in [0.717, 1.165) is 11.3 Å². The summed E-state index contributed by atoms with van der Waals surface area (Å²) >= 11 is 0. The predicted molar refractivity (Wildman–Crippen MR) is 101 cm³/mol. The van der Waals surface area contributed by atoms with Crippen molar-refractivity contribution in [2.75, 3.05) is 19.8 Å². The number of aromatic nitrogens is 3. The first-order chi connectivity index (χ1) is 13.6. The number of rotatable bonds is 9. The Hall–Kier alpha value is -1.88. The van der Waals surface area contributed by atoms with Gasteiger partial charge in [0, 0.05) is 18.8 Å². The van der Waals surface area contributed by atoms with E-state index in [1.807, 2.05) is 44.2 Å². The van der Waals surface area contributed by atoms with E-state index in [1.54, 1.807) is 4.68 Å². The summed E-state index contributed by atoms with van der Waals surface area (Å²) in [5.74, 6) is 0. The molecule has 0 aliphatic carbocycles. The van der Waals surface area contributed by atoms with Crippen molar-refractivity contribution in [3.63, 3.8) is 0 Å². The number of hydrogen-bond acceptors (Lipinski definition) is 8.